The molecule has 0 saturated heterocycles. The number of aromatic nitrogens is 6. The Morgan fingerprint density at radius 2 is 0.474 bits per heavy atom. The molecule has 0 saturated carbocycles. The number of hydrogen-bond donors (Lipinski definition) is 0. The van der Waals surface area contributed by atoms with Gasteiger partial charge >= 0.3 is 6.18 Å². The van der Waals surface area contributed by atoms with Gasteiger partial charge in [0, 0.05) is 66.1 Å². The third-order valence-corrected chi connectivity index (χ3v) is 17.3. The van der Waals surface area contributed by atoms with Gasteiger partial charge in [-0.15, -0.1) is 0 Å². The Bertz CT molecular complexity index is 5100. The van der Waals surface area contributed by atoms with E-state index in [1.54, 1.807) is 48.5 Å². The molecule has 0 aliphatic carbocycles. The van der Waals surface area contributed by atoms with Crippen molar-refractivity contribution in [2.75, 3.05) is 0 Å². The summed E-state index contributed by atoms with van der Waals surface area (Å²) in [6.45, 7) is 0. The molecule has 0 N–H and O–H groups in total. The van der Waals surface area contributed by atoms with Gasteiger partial charge in [0.25, 0.3) is 0 Å². The van der Waals surface area contributed by atoms with Gasteiger partial charge in [0.1, 0.15) is 5.56 Å². The second-order valence-corrected chi connectivity index (χ2v) is 23.0. The van der Waals surface area contributed by atoms with Crippen LogP contribution < -0.4 is 0 Å². The molecule has 0 radical (unpaired) electrons. The van der Waals surface area contributed by atoms with Crippen LogP contribution in [0.3, 0.4) is 0 Å². The number of hydrogen-bond acceptors (Lipinski definition) is 4. The van der Waals surface area contributed by atoms with Gasteiger partial charge in [-0.25, -0.2) is 41.9 Å². The van der Waals surface area contributed by atoms with Crippen LogP contribution in [-0.4, -0.2) is 29.1 Å². The van der Waals surface area contributed by atoms with Gasteiger partial charge in [-0.05, 0) is 115 Å². The van der Waals surface area contributed by atoms with Crippen LogP contribution in [0.25, 0.3) is 156 Å². The third-order valence-electron chi connectivity index (χ3n) is 17.3. The first-order valence-corrected chi connectivity index (χ1v) is 30.4. The summed E-state index contributed by atoms with van der Waals surface area (Å²) in [5, 5.41) is 1.75. The Kier molecular flexibility index (Phi) is 14.2. The molecular formula is C81H46F8N6. The molecule has 0 bridgehead atoms. The predicted octanol–water partition coefficient (Wildman–Crippen LogP) is 22.2. The van der Waals surface area contributed by atoms with E-state index >= 15 is 35.1 Å². The molecular weight excluding hydrogens is 1210 g/mol. The van der Waals surface area contributed by atoms with Crippen LogP contribution in [0.4, 0.5) is 35.1 Å². The number of pyridine rings is 4. The molecule has 16 rings (SSSR count). The van der Waals surface area contributed by atoms with Gasteiger partial charge in [0.05, 0.1) is 84.6 Å². The Hall–Kier alpha value is -12.2. The van der Waals surface area contributed by atoms with Crippen LogP contribution in [-0.2, 0) is 6.18 Å². The molecule has 6 aromatic heterocycles. The average Bonchev–Trinajstić information content (AvgIpc) is 1.59. The number of rotatable bonds is 11. The number of benzene rings is 10. The Balaban J connectivity index is 0.993. The summed E-state index contributed by atoms with van der Waals surface area (Å²) in [7, 11) is 0. The Labute approximate surface area is 537 Å². The highest BCUT2D eigenvalue weighted by Gasteiger charge is 2.41. The van der Waals surface area contributed by atoms with E-state index in [0.29, 0.717) is 89.4 Å². The van der Waals surface area contributed by atoms with E-state index < -0.39 is 63.3 Å². The lowest BCUT2D eigenvalue weighted by Crippen LogP contribution is -2.16. The van der Waals surface area contributed by atoms with Crippen molar-refractivity contribution >= 4 is 43.6 Å². The van der Waals surface area contributed by atoms with Gasteiger partial charge in [-0.2, -0.15) is 13.2 Å². The van der Waals surface area contributed by atoms with Crippen LogP contribution in [0.15, 0.2) is 279 Å². The zero-order valence-corrected chi connectivity index (χ0v) is 49.8. The predicted molar refractivity (Wildman–Crippen MR) is 360 cm³/mol. The summed E-state index contributed by atoms with van der Waals surface area (Å²) in [5.74, 6) is -11.5. The molecule has 0 aliphatic rings. The molecule has 14 heteroatoms. The lowest BCUT2D eigenvalue weighted by atomic mass is 9.97. The highest BCUT2D eigenvalue weighted by atomic mass is 19.4. The van der Waals surface area contributed by atoms with E-state index in [-0.39, 0.29) is 22.1 Å². The minimum absolute atomic E-state index is 0.198. The summed E-state index contributed by atoms with van der Waals surface area (Å²) >= 11 is 0. The van der Waals surface area contributed by atoms with Gasteiger partial charge < -0.3 is 9.13 Å². The van der Waals surface area contributed by atoms with Crippen molar-refractivity contribution in [3.8, 4) is 113 Å². The fourth-order valence-electron chi connectivity index (χ4n) is 12.9. The van der Waals surface area contributed by atoms with E-state index in [1.165, 1.54) is 9.13 Å². The highest BCUT2D eigenvalue weighted by molar-refractivity contribution is 6.14. The topological polar surface area (TPSA) is 61.4 Å². The summed E-state index contributed by atoms with van der Waals surface area (Å²) in [6, 6.07) is 82.9. The SMILES string of the molecule is Fc1c(F)c(F)c(-c2cc(-n3c4ccc(-c5cccc(-c6ccccc6)n5)cc4c4cc(-c5cccc(-c6ccccc6)n5)ccc43)c(C(F)(F)F)c(-n3c4ccc(-c5cccc(-c6ccccc6)n5)cc4c4cc(-c5cccc(-c6ccccc6)n5)ccc43)c2)c(F)c1F. The van der Waals surface area contributed by atoms with Crippen LogP contribution in [0.5, 0.6) is 0 Å². The van der Waals surface area contributed by atoms with Gasteiger partial charge in [-0.3, -0.25) is 0 Å². The fraction of sp³-hybridized carbons (Fsp3) is 0.0123. The average molecular weight is 1260 g/mol. The first-order valence-electron chi connectivity index (χ1n) is 30.4. The van der Waals surface area contributed by atoms with E-state index in [2.05, 4.69) is 0 Å². The van der Waals surface area contributed by atoms with Crippen molar-refractivity contribution in [2.45, 2.75) is 6.18 Å². The summed E-state index contributed by atoms with van der Waals surface area (Å²) in [5.41, 5.74) is 6.64. The Morgan fingerprint density at radius 3 is 0.726 bits per heavy atom. The third kappa shape index (κ3) is 10.2. The maximum absolute atomic E-state index is 17.4. The molecule has 456 valence electrons. The molecule has 0 amide bonds. The van der Waals surface area contributed by atoms with Crippen LogP contribution >= 0.6 is 0 Å². The van der Waals surface area contributed by atoms with Gasteiger partial charge in [0.15, 0.2) is 23.3 Å². The maximum atomic E-state index is 17.4. The van der Waals surface area contributed by atoms with Gasteiger partial charge in [-0.1, -0.05) is 170 Å². The fourth-order valence-corrected chi connectivity index (χ4v) is 12.9. The molecule has 6 heterocycles. The monoisotopic (exact) mass is 1250 g/mol. The van der Waals surface area contributed by atoms with Crippen molar-refractivity contribution < 1.29 is 35.1 Å². The molecule has 16 aromatic rings. The van der Waals surface area contributed by atoms with E-state index in [1.807, 2.05) is 218 Å². The van der Waals surface area contributed by atoms with Crippen LogP contribution in [0.2, 0.25) is 0 Å². The zero-order chi connectivity index (χ0) is 64.6. The molecule has 6 nitrogen and oxygen atoms in total. The lowest BCUT2D eigenvalue weighted by molar-refractivity contribution is -0.137. The second kappa shape index (κ2) is 23.2. The highest BCUT2D eigenvalue weighted by Crippen LogP contribution is 2.49. The number of fused-ring (bicyclic) bond motifs is 6. The first kappa shape index (κ1) is 58.0. The minimum Gasteiger partial charge on any atom is -0.309 e. The van der Waals surface area contributed by atoms with E-state index in [4.69, 9.17) is 19.9 Å². The van der Waals surface area contributed by atoms with Gasteiger partial charge in [0.2, 0.25) is 5.82 Å². The number of alkyl halides is 3. The van der Waals surface area contributed by atoms with Crippen LogP contribution in [0, 0.1) is 29.1 Å². The lowest BCUT2D eigenvalue weighted by Gasteiger charge is -2.23. The largest absolute Gasteiger partial charge is 0.420 e. The Morgan fingerprint density at radius 1 is 0.232 bits per heavy atom. The molecule has 95 heavy (non-hydrogen) atoms. The normalized spacial score (nSPS) is 11.8. The summed E-state index contributed by atoms with van der Waals surface area (Å²) in [4.78, 5) is 20.1. The number of halogens is 8. The molecule has 0 fully saturated rings. The molecule has 0 atom stereocenters. The molecule has 0 spiro atoms. The van der Waals surface area contributed by atoms with Crippen molar-refractivity contribution in [1.82, 2.24) is 29.1 Å². The first-order chi connectivity index (χ1) is 46.3. The number of nitrogens with zero attached hydrogens (tertiary/aromatic N) is 6. The standard InChI is InChI=1S/C81H46F8N6/c82-76-74(77(83)79(85)80(86)78(76)84)55-45-72(94-68-37-33-51(64-29-13-25-60(90-64)47-17-5-1-6-18-47)41-56(68)57-42-52(34-38-69(57)94)65-30-14-26-61(91-65)48-19-7-2-8-20-48)75(81(87,88)89)73(46-55)95-70-39-35-53(66-31-15-27-62(92-66)49-21-9-3-10-22-49)43-58(70)59-44-54(36-40-71(59)95)67-32-16-28-63(93-67)50-23-11-4-12-24-50/h1-46H. The van der Waals surface area contributed by atoms with Crippen molar-refractivity contribution in [3.63, 3.8) is 0 Å². The smallest absolute Gasteiger partial charge is 0.309 e. The maximum Gasteiger partial charge on any atom is 0.420 e. The van der Waals surface area contributed by atoms with Crippen molar-refractivity contribution in [1.29, 1.82) is 0 Å². The molecule has 10 aromatic carbocycles. The van der Waals surface area contributed by atoms with E-state index in [0.717, 1.165) is 34.4 Å². The summed E-state index contributed by atoms with van der Waals surface area (Å²) < 4.78 is 135. The van der Waals surface area contributed by atoms with Crippen molar-refractivity contribution in [3.05, 3.63) is 314 Å². The van der Waals surface area contributed by atoms with Crippen molar-refractivity contribution in [2.24, 2.45) is 0 Å². The minimum atomic E-state index is -5.32. The molecule has 0 aliphatic heterocycles. The zero-order valence-electron chi connectivity index (χ0n) is 49.8. The summed E-state index contributed by atoms with van der Waals surface area (Å²) in [6.07, 6.45) is -5.32. The van der Waals surface area contributed by atoms with E-state index in [9.17, 15) is 0 Å². The molecule has 0 unspecified atom stereocenters. The quantitative estimate of drug-likeness (QED) is 0.0735. The van der Waals surface area contributed by atoms with Crippen LogP contribution in [0.1, 0.15) is 5.56 Å². The second-order valence-electron chi connectivity index (χ2n) is 23.0.